The Balaban J connectivity index is 1.76. The van der Waals surface area contributed by atoms with Crippen LogP contribution in [0.1, 0.15) is 24.4 Å². The van der Waals surface area contributed by atoms with Crippen molar-refractivity contribution < 1.29 is 9.59 Å². The fourth-order valence-electron chi connectivity index (χ4n) is 3.51. The summed E-state index contributed by atoms with van der Waals surface area (Å²) in [5, 5.41) is 0. The molecule has 17 heavy (non-hydrogen) atoms. The molecule has 2 saturated heterocycles. The van der Waals surface area contributed by atoms with Crippen LogP contribution in [0.15, 0.2) is 30.3 Å². The van der Waals surface area contributed by atoms with E-state index in [1.54, 1.807) is 0 Å². The Morgan fingerprint density at radius 1 is 1.12 bits per heavy atom. The third kappa shape index (κ3) is 1.11. The molecule has 1 aromatic rings. The molecule has 0 N–H and O–H groups in total. The van der Waals surface area contributed by atoms with Crippen molar-refractivity contribution >= 4 is 11.7 Å². The molecule has 1 aromatic carbocycles. The summed E-state index contributed by atoms with van der Waals surface area (Å²) in [4.78, 5) is 26.1. The van der Waals surface area contributed by atoms with Gasteiger partial charge in [0.05, 0.1) is 0 Å². The third-order valence-corrected chi connectivity index (χ3v) is 4.37. The van der Waals surface area contributed by atoms with E-state index in [0.717, 1.165) is 12.0 Å². The molecule has 0 aromatic heterocycles. The molecular formula is C14H13NO2. The highest BCUT2D eigenvalue weighted by molar-refractivity contribution is 5.98. The lowest BCUT2D eigenvalue weighted by Crippen LogP contribution is -2.34. The molecule has 3 heteroatoms. The minimum Gasteiger partial charge on any atom is -0.325 e. The summed E-state index contributed by atoms with van der Waals surface area (Å²) in [6, 6.07) is 9.58. The van der Waals surface area contributed by atoms with Crippen LogP contribution in [-0.2, 0) is 9.59 Å². The largest absolute Gasteiger partial charge is 0.325 e. The molecule has 86 valence electrons. The van der Waals surface area contributed by atoms with Gasteiger partial charge < -0.3 is 4.90 Å². The van der Waals surface area contributed by atoms with Crippen molar-refractivity contribution in [3.63, 3.8) is 0 Å². The van der Waals surface area contributed by atoms with Gasteiger partial charge in [-0.1, -0.05) is 30.3 Å². The Morgan fingerprint density at radius 2 is 1.88 bits per heavy atom. The first kappa shape index (κ1) is 9.40. The Morgan fingerprint density at radius 3 is 2.65 bits per heavy atom. The Kier molecular flexibility index (Phi) is 1.64. The number of ketones is 1. The first-order valence-corrected chi connectivity index (χ1v) is 6.17. The number of piperidine rings is 1. The SMILES string of the molecule is O=C1C[C@H]2[C@H]3C[C@H]3C(=O)N2[C@@H]1c1ccccc1. The molecule has 1 amide bonds. The van der Waals surface area contributed by atoms with Crippen LogP contribution in [0.3, 0.4) is 0 Å². The van der Waals surface area contributed by atoms with Gasteiger partial charge in [-0.2, -0.15) is 0 Å². The van der Waals surface area contributed by atoms with Gasteiger partial charge >= 0.3 is 0 Å². The van der Waals surface area contributed by atoms with Crippen molar-refractivity contribution in [1.82, 2.24) is 4.90 Å². The van der Waals surface area contributed by atoms with Gasteiger partial charge in [0, 0.05) is 18.4 Å². The molecule has 1 saturated carbocycles. The van der Waals surface area contributed by atoms with Crippen LogP contribution in [0, 0.1) is 11.8 Å². The van der Waals surface area contributed by atoms with E-state index in [2.05, 4.69) is 0 Å². The van der Waals surface area contributed by atoms with Crippen LogP contribution in [-0.4, -0.2) is 22.6 Å². The lowest BCUT2D eigenvalue weighted by atomic mass is 10.0. The van der Waals surface area contributed by atoms with Crippen molar-refractivity contribution in [3.8, 4) is 0 Å². The molecule has 0 bridgehead atoms. The van der Waals surface area contributed by atoms with E-state index < -0.39 is 0 Å². The number of Topliss-reactive ketones (excluding diaryl/α,β-unsaturated/α-hetero) is 1. The second-order valence-corrected chi connectivity index (χ2v) is 5.30. The van der Waals surface area contributed by atoms with Crippen LogP contribution < -0.4 is 0 Å². The minimum atomic E-state index is -0.304. The molecule has 3 aliphatic rings. The summed E-state index contributed by atoms with van der Waals surface area (Å²) < 4.78 is 0. The normalized spacial score (nSPS) is 38.2. The zero-order valence-corrected chi connectivity index (χ0v) is 9.37. The molecule has 4 rings (SSSR count). The number of nitrogens with zero attached hydrogens (tertiary/aromatic N) is 1. The summed E-state index contributed by atoms with van der Waals surface area (Å²) >= 11 is 0. The van der Waals surface area contributed by atoms with Crippen molar-refractivity contribution in [3.05, 3.63) is 35.9 Å². The highest BCUT2D eigenvalue weighted by Gasteiger charge is 2.64. The van der Waals surface area contributed by atoms with Crippen LogP contribution in [0.25, 0.3) is 0 Å². The molecule has 2 heterocycles. The van der Waals surface area contributed by atoms with Crippen LogP contribution >= 0.6 is 0 Å². The number of fused-ring (bicyclic) bond motifs is 3. The number of rotatable bonds is 1. The summed E-state index contributed by atoms with van der Waals surface area (Å²) in [5.74, 6) is 1.12. The van der Waals surface area contributed by atoms with E-state index in [9.17, 15) is 9.59 Å². The van der Waals surface area contributed by atoms with E-state index in [1.807, 2.05) is 35.2 Å². The lowest BCUT2D eigenvalue weighted by Gasteiger charge is -2.25. The summed E-state index contributed by atoms with van der Waals surface area (Å²) in [6.45, 7) is 0. The van der Waals surface area contributed by atoms with Gasteiger partial charge in [0.1, 0.15) is 6.04 Å². The van der Waals surface area contributed by atoms with E-state index in [1.165, 1.54) is 0 Å². The zero-order chi connectivity index (χ0) is 11.6. The average Bonchev–Trinajstić information content (AvgIpc) is 3.00. The van der Waals surface area contributed by atoms with E-state index in [4.69, 9.17) is 0 Å². The molecule has 0 spiro atoms. The predicted molar refractivity (Wildman–Crippen MR) is 61.0 cm³/mol. The quantitative estimate of drug-likeness (QED) is 0.730. The molecule has 4 atom stereocenters. The maximum Gasteiger partial charge on any atom is 0.227 e. The van der Waals surface area contributed by atoms with E-state index in [0.29, 0.717) is 12.3 Å². The van der Waals surface area contributed by atoms with Crippen molar-refractivity contribution in [2.75, 3.05) is 0 Å². The van der Waals surface area contributed by atoms with E-state index >= 15 is 0 Å². The number of carbonyl (C=O) groups is 2. The van der Waals surface area contributed by atoms with Gasteiger partial charge in [0.25, 0.3) is 0 Å². The van der Waals surface area contributed by atoms with E-state index in [-0.39, 0.29) is 29.7 Å². The first-order valence-electron chi connectivity index (χ1n) is 6.17. The van der Waals surface area contributed by atoms with Crippen molar-refractivity contribution in [1.29, 1.82) is 0 Å². The first-order chi connectivity index (χ1) is 8.27. The second-order valence-electron chi connectivity index (χ2n) is 5.30. The fraction of sp³-hybridized carbons (Fsp3) is 0.429. The highest BCUT2D eigenvalue weighted by Crippen LogP contribution is 2.56. The lowest BCUT2D eigenvalue weighted by molar-refractivity contribution is -0.135. The van der Waals surface area contributed by atoms with Crippen LogP contribution in [0.4, 0.5) is 0 Å². The van der Waals surface area contributed by atoms with Gasteiger partial charge in [-0.3, -0.25) is 9.59 Å². The number of hydrogen-bond acceptors (Lipinski definition) is 2. The standard InChI is InChI=1S/C14H13NO2/c16-12-7-11-9-6-10(9)14(17)15(11)13(12)8-4-2-1-3-5-8/h1-5,9-11,13H,6-7H2/t9-,10+,11-,13+/m0/s1. The monoisotopic (exact) mass is 227 g/mol. The fourth-order valence-corrected chi connectivity index (χ4v) is 3.51. The van der Waals surface area contributed by atoms with Gasteiger partial charge in [-0.25, -0.2) is 0 Å². The topological polar surface area (TPSA) is 37.4 Å². The molecule has 1 aliphatic carbocycles. The number of hydrogen-bond donors (Lipinski definition) is 0. The van der Waals surface area contributed by atoms with Crippen LogP contribution in [0.2, 0.25) is 0 Å². The molecular weight excluding hydrogens is 214 g/mol. The maximum atomic E-state index is 12.1. The average molecular weight is 227 g/mol. The zero-order valence-electron chi connectivity index (χ0n) is 9.37. The Labute approximate surface area is 99.4 Å². The molecule has 3 nitrogen and oxygen atoms in total. The van der Waals surface area contributed by atoms with Crippen molar-refractivity contribution in [2.45, 2.75) is 24.9 Å². The van der Waals surface area contributed by atoms with Gasteiger partial charge in [-0.15, -0.1) is 0 Å². The number of benzene rings is 1. The summed E-state index contributed by atoms with van der Waals surface area (Å²) in [7, 11) is 0. The number of amides is 1. The summed E-state index contributed by atoms with van der Waals surface area (Å²) in [5.41, 5.74) is 0.967. The third-order valence-electron chi connectivity index (χ3n) is 4.37. The van der Waals surface area contributed by atoms with Crippen molar-refractivity contribution in [2.24, 2.45) is 11.8 Å². The van der Waals surface area contributed by atoms with Gasteiger partial charge in [-0.05, 0) is 17.9 Å². The summed E-state index contributed by atoms with van der Waals surface area (Å²) in [6.07, 6.45) is 1.57. The second kappa shape index (κ2) is 2.97. The molecule has 0 unspecified atom stereocenters. The highest BCUT2D eigenvalue weighted by atomic mass is 16.2. The van der Waals surface area contributed by atoms with Gasteiger partial charge in [0.15, 0.2) is 5.78 Å². The Hall–Kier alpha value is -1.64. The van der Waals surface area contributed by atoms with Gasteiger partial charge in [0.2, 0.25) is 5.91 Å². The predicted octanol–water partition coefficient (Wildman–Crippen LogP) is 1.55. The Bertz CT molecular complexity index is 510. The molecule has 0 radical (unpaired) electrons. The molecule has 3 fully saturated rings. The van der Waals surface area contributed by atoms with Crippen LogP contribution in [0.5, 0.6) is 0 Å². The number of carbonyl (C=O) groups excluding carboxylic acids is 2. The molecule has 2 aliphatic heterocycles. The minimum absolute atomic E-state index is 0.199. The smallest absolute Gasteiger partial charge is 0.227 e. The maximum absolute atomic E-state index is 12.1.